The Morgan fingerprint density at radius 3 is 2.11 bits per heavy atom. The van der Waals surface area contributed by atoms with E-state index < -0.39 is 30.6 Å². The fourth-order valence-electron chi connectivity index (χ4n) is 10.7. The smallest absolute Gasteiger partial charge is 0.185 e. The van der Waals surface area contributed by atoms with Crippen LogP contribution in [-0.4, -0.2) is 48.5 Å². The molecule has 0 saturated heterocycles. The van der Waals surface area contributed by atoms with E-state index in [0.717, 1.165) is 30.0 Å². The van der Waals surface area contributed by atoms with Crippen LogP contribution in [0.1, 0.15) is 77.7 Å². The summed E-state index contributed by atoms with van der Waals surface area (Å²) >= 11 is 0. The fourth-order valence-corrected chi connectivity index (χ4v) is 14.6. The minimum atomic E-state index is -1.95. The number of fused-ring (bicyclic) bond motifs is 5. The second-order valence-electron chi connectivity index (χ2n) is 18.6. The Balaban J connectivity index is 1.50. The quantitative estimate of drug-likeness (QED) is 0.141. The lowest BCUT2D eigenvalue weighted by Gasteiger charge is -2.65. The van der Waals surface area contributed by atoms with E-state index in [9.17, 15) is 0 Å². The zero-order valence-corrected chi connectivity index (χ0v) is 33.8. The van der Waals surface area contributed by atoms with E-state index in [-0.39, 0.29) is 11.5 Å². The van der Waals surface area contributed by atoms with Crippen molar-refractivity contribution in [3.8, 4) is 0 Å². The van der Waals surface area contributed by atoms with Gasteiger partial charge in [0.1, 0.15) is 12.2 Å². The van der Waals surface area contributed by atoms with Crippen molar-refractivity contribution in [1.82, 2.24) is 0 Å². The second-order valence-corrected chi connectivity index (χ2v) is 32.0. The van der Waals surface area contributed by atoms with Gasteiger partial charge in [0.25, 0.3) is 0 Å². The lowest BCUT2D eigenvalue weighted by atomic mass is 9.43. The zero-order valence-electron chi connectivity index (χ0n) is 30.8. The molecule has 5 rings (SSSR count). The molecule has 0 aromatic heterocycles. The molecule has 4 aliphatic rings. The second kappa shape index (κ2) is 12.6. The maximum Gasteiger partial charge on any atom is 0.185 e. The molecule has 4 saturated carbocycles. The van der Waals surface area contributed by atoms with Crippen LogP contribution in [0.4, 0.5) is 0 Å². The van der Waals surface area contributed by atoms with Crippen LogP contribution in [0, 0.1) is 34.5 Å². The van der Waals surface area contributed by atoms with E-state index >= 15 is 0 Å². The van der Waals surface area contributed by atoms with Crippen LogP contribution in [0.15, 0.2) is 35.5 Å². The first-order valence-corrected chi connectivity index (χ1v) is 28.3. The molecule has 1 aromatic carbocycles. The normalized spacial score (nSPS) is 39.2. The summed E-state index contributed by atoms with van der Waals surface area (Å²) in [5.74, 6) is 2.59. The van der Waals surface area contributed by atoms with Crippen LogP contribution in [0.5, 0.6) is 0 Å². The molecule has 0 spiro atoms. The van der Waals surface area contributed by atoms with Crippen molar-refractivity contribution in [2.75, 3.05) is 0 Å². The van der Waals surface area contributed by atoms with Gasteiger partial charge in [-0.05, 0) is 152 Å². The van der Waals surface area contributed by atoms with Crippen molar-refractivity contribution in [2.45, 2.75) is 155 Å². The molecule has 9 atom stereocenters. The monoisotopic (exact) mass is 671 g/mol. The number of rotatable bonds is 10. The van der Waals surface area contributed by atoms with Gasteiger partial charge in [0, 0.05) is 17.6 Å². The summed E-state index contributed by atoms with van der Waals surface area (Å²) < 4.78 is 21.6. The average molecular weight is 672 g/mol. The minimum Gasteiger partial charge on any atom is -0.415 e. The number of hydrogen-bond acceptors (Lipinski definition) is 5. The van der Waals surface area contributed by atoms with Gasteiger partial charge in [0.05, 0.1) is 5.71 Å². The summed E-state index contributed by atoms with van der Waals surface area (Å²) in [6.45, 7) is 29.2. The predicted molar refractivity (Wildman–Crippen MR) is 195 cm³/mol. The van der Waals surface area contributed by atoms with Crippen LogP contribution in [0.3, 0.4) is 0 Å². The van der Waals surface area contributed by atoms with Crippen LogP contribution >= 0.6 is 0 Å². The summed E-state index contributed by atoms with van der Waals surface area (Å²) in [7, 11) is -5.32. The Labute approximate surface area is 279 Å². The first kappa shape index (κ1) is 35.5. The molecule has 254 valence electrons. The molecule has 0 heterocycles. The van der Waals surface area contributed by atoms with Crippen molar-refractivity contribution < 1.29 is 18.1 Å². The van der Waals surface area contributed by atoms with Gasteiger partial charge < -0.3 is 18.1 Å². The Kier molecular flexibility index (Phi) is 9.94. The van der Waals surface area contributed by atoms with Gasteiger partial charge >= 0.3 is 0 Å². The first-order valence-electron chi connectivity index (χ1n) is 18.0. The molecule has 0 aliphatic heterocycles. The molecular formula is C37H65NO4Si3. The van der Waals surface area contributed by atoms with Gasteiger partial charge in [-0.25, -0.2) is 0 Å². The molecule has 0 radical (unpaired) electrons. The number of benzene rings is 1. The third-order valence-corrected chi connectivity index (χ3v) is 15.0. The average Bonchev–Trinajstić information content (AvgIpc) is 3.18. The predicted octanol–water partition coefficient (Wildman–Crippen LogP) is 10.3. The van der Waals surface area contributed by atoms with E-state index in [4.69, 9.17) is 23.3 Å². The van der Waals surface area contributed by atoms with Crippen molar-refractivity contribution >= 4 is 30.7 Å². The van der Waals surface area contributed by atoms with Gasteiger partial charge in [0.2, 0.25) is 0 Å². The SMILES string of the molecule is C/C(=N\OCc1ccccc1)C1(O[Si](C)(C)C)CCC2C3CCC4CC(O[Si](C)(C)C)CCC4(C)C3C(O[Si](C)(C)C)CC21C. The highest BCUT2D eigenvalue weighted by atomic mass is 28.4. The topological polar surface area (TPSA) is 49.3 Å². The lowest BCUT2D eigenvalue weighted by Crippen LogP contribution is -2.65. The van der Waals surface area contributed by atoms with Gasteiger partial charge in [0.15, 0.2) is 25.0 Å². The van der Waals surface area contributed by atoms with Gasteiger partial charge in [-0.3, -0.25) is 0 Å². The van der Waals surface area contributed by atoms with E-state index in [1.54, 1.807) is 0 Å². The molecule has 4 fully saturated rings. The lowest BCUT2D eigenvalue weighted by molar-refractivity contribution is -0.183. The van der Waals surface area contributed by atoms with Crippen molar-refractivity contribution in [3.05, 3.63) is 35.9 Å². The standard InChI is InChI=1S/C37H65NO4Si3/c1-27(38-39-26-28-16-14-13-15-17-28)37(42-45(10,11)12)23-21-32-31-19-18-29-24-30(40-43(4,5)6)20-22-35(29,2)34(31)33(25-36(32,37)3)41-44(7,8)9/h13-17,29-34H,18-26H2,1-12H3/b38-27+. The minimum absolute atomic E-state index is 0.0518. The van der Waals surface area contributed by atoms with E-state index in [0.29, 0.717) is 35.9 Å². The first-order chi connectivity index (χ1) is 20.8. The molecule has 45 heavy (non-hydrogen) atoms. The number of nitrogens with zero attached hydrogens (tertiary/aromatic N) is 1. The van der Waals surface area contributed by atoms with Crippen molar-refractivity contribution in [3.63, 3.8) is 0 Å². The molecular weight excluding hydrogens is 607 g/mol. The highest BCUT2D eigenvalue weighted by molar-refractivity contribution is 6.70. The van der Waals surface area contributed by atoms with Crippen LogP contribution in [-0.2, 0) is 24.7 Å². The Bertz CT molecular complexity index is 1210. The van der Waals surface area contributed by atoms with Gasteiger partial charge in [-0.15, -0.1) is 0 Å². The third kappa shape index (κ3) is 7.31. The number of oxime groups is 1. The van der Waals surface area contributed by atoms with Crippen molar-refractivity contribution in [1.29, 1.82) is 0 Å². The largest absolute Gasteiger partial charge is 0.415 e. The van der Waals surface area contributed by atoms with Crippen molar-refractivity contribution in [2.24, 2.45) is 39.7 Å². The molecule has 5 nitrogen and oxygen atoms in total. The van der Waals surface area contributed by atoms with Gasteiger partial charge in [-0.2, -0.15) is 0 Å². The maximum atomic E-state index is 7.44. The Morgan fingerprint density at radius 2 is 1.49 bits per heavy atom. The Morgan fingerprint density at radius 1 is 0.822 bits per heavy atom. The van der Waals surface area contributed by atoms with Gasteiger partial charge in [-0.1, -0.05) is 49.3 Å². The molecule has 0 N–H and O–H groups in total. The number of hydrogen-bond donors (Lipinski definition) is 0. The third-order valence-electron chi connectivity index (χ3n) is 12.0. The summed E-state index contributed by atoms with van der Waals surface area (Å²) in [5, 5.41) is 4.89. The van der Waals surface area contributed by atoms with Crippen LogP contribution < -0.4 is 0 Å². The molecule has 0 amide bonds. The summed E-state index contributed by atoms with van der Waals surface area (Å²) in [6.07, 6.45) is 10.3. The molecule has 1 aromatic rings. The highest BCUT2D eigenvalue weighted by Crippen LogP contribution is 2.70. The summed E-state index contributed by atoms with van der Waals surface area (Å²) in [6, 6.07) is 10.4. The van der Waals surface area contributed by atoms with E-state index in [1.807, 2.05) is 6.07 Å². The molecule has 4 aliphatic carbocycles. The maximum absolute atomic E-state index is 7.44. The molecule has 8 heteroatoms. The van der Waals surface area contributed by atoms with Crippen LogP contribution in [0.25, 0.3) is 0 Å². The molecule has 0 bridgehead atoms. The van der Waals surface area contributed by atoms with Crippen LogP contribution in [0.2, 0.25) is 58.9 Å². The highest BCUT2D eigenvalue weighted by Gasteiger charge is 2.69. The van der Waals surface area contributed by atoms with E-state index in [2.05, 4.69) is 104 Å². The van der Waals surface area contributed by atoms with E-state index in [1.165, 1.54) is 38.5 Å². The summed E-state index contributed by atoms with van der Waals surface area (Å²) in [5.41, 5.74) is 2.00. The zero-order chi connectivity index (χ0) is 33.1. The molecule has 9 unspecified atom stereocenters. The summed E-state index contributed by atoms with van der Waals surface area (Å²) in [4.78, 5) is 6.09. The Hall–Kier alpha value is -0.779. The fraction of sp³-hybridized carbons (Fsp3) is 0.811.